The molecule has 1 N–H and O–H groups in total. The van der Waals surface area contributed by atoms with Gasteiger partial charge >= 0.3 is 0 Å². The average Bonchev–Trinajstić information content (AvgIpc) is 2.46. The van der Waals surface area contributed by atoms with Crippen LogP contribution in [0.15, 0.2) is 42.7 Å². The van der Waals surface area contributed by atoms with Gasteiger partial charge in [0.15, 0.2) is 0 Å². The van der Waals surface area contributed by atoms with E-state index in [0.717, 1.165) is 12.2 Å². The first-order valence-electron chi connectivity index (χ1n) is 6.56. The van der Waals surface area contributed by atoms with Crippen LogP contribution in [0.2, 0.25) is 0 Å². The molecule has 1 aromatic heterocycles. The van der Waals surface area contributed by atoms with Crippen LogP contribution < -0.4 is 10.1 Å². The van der Waals surface area contributed by atoms with Crippen molar-refractivity contribution in [1.82, 2.24) is 9.97 Å². The largest absolute Gasteiger partial charge is 0.478 e. The van der Waals surface area contributed by atoms with Gasteiger partial charge in [-0.3, -0.25) is 0 Å². The van der Waals surface area contributed by atoms with Crippen LogP contribution in [0.1, 0.15) is 31.9 Å². The molecule has 0 amide bonds. The molecule has 2 rings (SSSR count). The first kappa shape index (κ1) is 13.3. The zero-order valence-electron chi connectivity index (χ0n) is 11.3. The molecule has 0 radical (unpaired) electrons. The predicted molar refractivity (Wildman–Crippen MR) is 76.3 cm³/mol. The highest BCUT2D eigenvalue weighted by atomic mass is 16.5. The van der Waals surface area contributed by atoms with Crippen molar-refractivity contribution in [2.24, 2.45) is 0 Å². The van der Waals surface area contributed by atoms with Gasteiger partial charge in [0.1, 0.15) is 12.1 Å². The summed E-state index contributed by atoms with van der Waals surface area (Å²) >= 11 is 0. The predicted octanol–water partition coefficient (Wildman–Crippen LogP) is 3.44. The first-order valence-corrected chi connectivity index (χ1v) is 6.56. The molecule has 19 heavy (non-hydrogen) atoms. The number of nitrogens with zero attached hydrogens (tertiary/aromatic N) is 2. The summed E-state index contributed by atoms with van der Waals surface area (Å²) < 4.78 is 5.49. The number of ether oxygens (including phenoxy) is 1. The van der Waals surface area contributed by atoms with Crippen LogP contribution >= 0.6 is 0 Å². The van der Waals surface area contributed by atoms with Gasteiger partial charge in [-0.2, -0.15) is 0 Å². The van der Waals surface area contributed by atoms with Crippen molar-refractivity contribution in [1.29, 1.82) is 0 Å². The molecular weight excluding hydrogens is 238 g/mol. The minimum Gasteiger partial charge on any atom is -0.478 e. The molecule has 1 heterocycles. The second-order valence-electron chi connectivity index (χ2n) is 4.37. The third-order valence-electron chi connectivity index (χ3n) is 2.76. The Hall–Kier alpha value is -2.10. The van der Waals surface area contributed by atoms with Crippen molar-refractivity contribution >= 4 is 5.82 Å². The third-order valence-corrected chi connectivity index (χ3v) is 2.76. The fourth-order valence-electron chi connectivity index (χ4n) is 1.75. The Morgan fingerprint density at radius 3 is 2.74 bits per heavy atom. The quantitative estimate of drug-likeness (QED) is 0.861. The van der Waals surface area contributed by atoms with Gasteiger partial charge in [-0.1, -0.05) is 37.3 Å². The van der Waals surface area contributed by atoms with Crippen LogP contribution in [-0.4, -0.2) is 16.6 Å². The zero-order valence-corrected chi connectivity index (χ0v) is 11.3. The zero-order chi connectivity index (χ0) is 13.5. The Morgan fingerprint density at radius 1 is 1.21 bits per heavy atom. The van der Waals surface area contributed by atoms with Crippen molar-refractivity contribution < 1.29 is 4.74 Å². The summed E-state index contributed by atoms with van der Waals surface area (Å²) in [4.78, 5) is 8.29. The number of benzene rings is 1. The number of aromatic nitrogens is 2. The highest BCUT2D eigenvalue weighted by Gasteiger charge is 2.06. The molecule has 0 aliphatic carbocycles. The van der Waals surface area contributed by atoms with Gasteiger partial charge in [-0.25, -0.2) is 9.97 Å². The lowest BCUT2D eigenvalue weighted by molar-refractivity contribution is 0.305. The van der Waals surface area contributed by atoms with Gasteiger partial charge in [0.05, 0.1) is 6.61 Å². The third kappa shape index (κ3) is 3.95. The standard InChI is InChI=1S/C15H19N3O/c1-3-9-19-15-10-14(16-11-17-15)18-12(2)13-7-5-4-6-8-13/h4-8,10-12H,3,9H2,1-2H3,(H,16,17,18). The number of hydrogen-bond donors (Lipinski definition) is 1. The fraction of sp³-hybridized carbons (Fsp3) is 0.333. The van der Waals surface area contributed by atoms with E-state index >= 15 is 0 Å². The summed E-state index contributed by atoms with van der Waals surface area (Å²) in [5, 5.41) is 3.34. The maximum absolute atomic E-state index is 5.49. The lowest BCUT2D eigenvalue weighted by atomic mass is 10.1. The van der Waals surface area contributed by atoms with Crippen LogP contribution in [-0.2, 0) is 0 Å². The molecule has 1 aromatic carbocycles. The Labute approximate surface area is 113 Å². The number of rotatable bonds is 6. The van der Waals surface area contributed by atoms with E-state index in [1.807, 2.05) is 24.3 Å². The minimum absolute atomic E-state index is 0.190. The Morgan fingerprint density at radius 2 is 2.00 bits per heavy atom. The van der Waals surface area contributed by atoms with E-state index in [9.17, 15) is 0 Å². The van der Waals surface area contributed by atoms with Crippen LogP contribution in [0.3, 0.4) is 0 Å². The monoisotopic (exact) mass is 257 g/mol. The Bertz CT molecular complexity index is 502. The van der Waals surface area contributed by atoms with E-state index in [2.05, 4.69) is 41.3 Å². The minimum atomic E-state index is 0.190. The van der Waals surface area contributed by atoms with E-state index in [-0.39, 0.29) is 6.04 Å². The first-order chi connectivity index (χ1) is 9.29. The molecule has 2 aromatic rings. The van der Waals surface area contributed by atoms with Crippen LogP contribution in [0.4, 0.5) is 5.82 Å². The topological polar surface area (TPSA) is 47.0 Å². The molecule has 0 bridgehead atoms. The van der Waals surface area contributed by atoms with E-state index in [0.29, 0.717) is 12.5 Å². The van der Waals surface area contributed by atoms with Crippen molar-refractivity contribution in [3.05, 3.63) is 48.3 Å². The second-order valence-corrected chi connectivity index (χ2v) is 4.37. The van der Waals surface area contributed by atoms with Crippen LogP contribution in [0.25, 0.3) is 0 Å². The molecule has 100 valence electrons. The smallest absolute Gasteiger partial charge is 0.218 e. The van der Waals surface area contributed by atoms with E-state index in [4.69, 9.17) is 4.74 Å². The number of nitrogens with one attached hydrogen (secondary N) is 1. The van der Waals surface area contributed by atoms with Crippen molar-refractivity contribution in [3.8, 4) is 5.88 Å². The highest BCUT2D eigenvalue weighted by Crippen LogP contribution is 2.19. The Kier molecular flexibility index (Phi) is 4.72. The lowest BCUT2D eigenvalue weighted by Gasteiger charge is -2.15. The maximum atomic E-state index is 5.49. The van der Waals surface area contributed by atoms with Crippen molar-refractivity contribution in [2.45, 2.75) is 26.3 Å². The normalized spacial score (nSPS) is 11.9. The van der Waals surface area contributed by atoms with Gasteiger partial charge in [-0.05, 0) is 18.9 Å². The fourth-order valence-corrected chi connectivity index (χ4v) is 1.75. The van der Waals surface area contributed by atoms with Gasteiger partial charge in [0, 0.05) is 12.1 Å². The molecule has 0 saturated carbocycles. The summed E-state index contributed by atoms with van der Waals surface area (Å²) in [6, 6.07) is 12.3. The van der Waals surface area contributed by atoms with Crippen LogP contribution in [0, 0.1) is 0 Å². The van der Waals surface area contributed by atoms with Gasteiger partial charge < -0.3 is 10.1 Å². The average molecular weight is 257 g/mol. The molecule has 0 spiro atoms. The van der Waals surface area contributed by atoms with Crippen molar-refractivity contribution in [2.75, 3.05) is 11.9 Å². The van der Waals surface area contributed by atoms with E-state index < -0.39 is 0 Å². The van der Waals surface area contributed by atoms with Crippen molar-refractivity contribution in [3.63, 3.8) is 0 Å². The van der Waals surface area contributed by atoms with E-state index in [1.54, 1.807) is 0 Å². The summed E-state index contributed by atoms with van der Waals surface area (Å²) in [7, 11) is 0. The van der Waals surface area contributed by atoms with Gasteiger partial charge in [0.25, 0.3) is 0 Å². The maximum Gasteiger partial charge on any atom is 0.218 e. The molecule has 0 aliphatic heterocycles. The molecular formula is C15H19N3O. The molecule has 0 fully saturated rings. The second kappa shape index (κ2) is 6.73. The number of hydrogen-bond acceptors (Lipinski definition) is 4. The van der Waals surface area contributed by atoms with Crippen LogP contribution in [0.5, 0.6) is 5.88 Å². The SMILES string of the molecule is CCCOc1cc(NC(C)c2ccccc2)ncn1. The van der Waals surface area contributed by atoms with Gasteiger partial charge in [0.2, 0.25) is 5.88 Å². The molecule has 1 unspecified atom stereocenters. The summed E-state index contributed by atoms with van der Waals surface area (Å²) in [6.45, 7) is 4.84. The van der Waals surface area contributed by atoms with Gasteiger partial charge in [-0.15, -0.1) is 0 Å². The lowest BCUT2D eigenvalue weighted by Crippen LogP contribution is -2.08. The highest BCUT2D eigenvalue weighted by molar-refractivity contribution is 5.40. The number of anilines is 1. The summed E-state index contributed by atoms with van der Waals surface area (Å²) in [6.07, 6.45) is 2.48. The molecule has 0 saturated heterocycles. The molecule has 1 atom stereocenters. The molecule has 0 aliphatic rings. The summed E-state index contributed by atoms with van der Waals surface area (Å²) in [5.41, 5.74) is 1.22. The molecule has 4 heteroatoms. The molecule has 4 nitrogen and oxygen atoms in total. The Balaban J connectivity index is 2.02. The summed E-state index contributed by atoms with van der Waals surface area (Å²) in [5.74, 6) is 1.39. The van der Waals surface area contributed by atoms with E-state index in [1.165, 1.54) is 11.9 Å².